The minimum atomic E-state index is 0.129. The number of aromatic amines is 1. The van der Waals surface area contributed by atoms with E-state index >= 15 is 0 Å². The van der Waals surface area contributed by atoms with Crippen molar-refractivity contribution >= 4 is 28.5 Å². The molecule has 0 bridgehead atoms. The highest BCUT2D eigenvalue weighted by Crippen LogP contribution is 2.22. The van der Waals surface area contributed by atoms with Gasteiger partial charge in [-0.25, -0.2) is 4.98 Å². The number of rotatable bonds is 4. The van der Waals surface area contributed by atoms with Gasteiger partial charge in [-0.3, -0.25) is 4.79 Å². The molecule has 6 heteroatoms. The van der Waals surface area contributed by atoms with Crippen LogP contribution >= 0.6 is 11.6 Å². The molecule has 3 rings (SSSR count). The maximum absolute atomic E-state index is 12.7. The van der Waals surface area contributed by atoms with Crippen LogP contribution in [0, 0.1) is 5.92 Å². The fraction of sp³-hybridized carbons (Fsp3) is 0.556. The van der Waals surface area contributed by atoms with Gasteiger partial charge in [0.05, 0.1) is 17.6 Å². The first-order valence-corrected chi connectivity index (χ1v) is 8.95. The average molecular weight is 349 g/mol. The Bertz CT molecular complexity index is 719. The summed E-state index contributed by atoms with van der Waals surface area (Å²) in [5.41, 5.74) is 1.78. The predicted molar refractivity (Wildman–Crippen MR) is 97.0 cm³/mol. The molecule has 0 aliphatic carbocycles. The molecule has 1 aromatic heterocycles. The number of piperidine rings is 1. The van der Waals surface area contributed by atoms with Crippen molar-refractivity contribution in [2.24, 2.45) is 5.92 Å². The van der Waals surface area contributed by atoms with Gasteiger partial charge in [0, 0.05) is 24.0 Å². The maximum atomic E-state index is 12.7. The third kappa shape index (κ3) is 3.73. The molecule has 2 aromatic rings. The molecular formula is C18H25ClN4O. The second-order valence-electron chi connectivity index (χ2n) is 6.94. The molecule has 0 spiro atoms. The maximum Gasteiger partial charge on any atom is 0.225 e. The van der Waals surface area contributed by atoms with Crippen molar-refractivity contribution in [1.82, 2.24) is 19.8 Å². The van der Waals surface area contributed by atoms with E-state index in [4.69, 9.17) is 11.6 Å². The van der Waals surface area contributed by atoms with E-state index in [-0.39, 0.29) is 11.8 Å². The van der Waals surface area contributed by atoms with E-state index in [1.165, 1.54) is 0 Å². The molecule has 5 nitrogen and oxygen atoms in total. The van der Waals surface area contributed by atoms with Gasteiger partial charge in [0.1, 0.15) is 5.82 Å². The number of likely N-dealkylation sites (tertiary alicyclic amines) is 1. The van der Waals surface area contributed by atoms with E-state index in [1.807, 2.05) is 25.2 Å². The van der Waals surface area contributed by atoms with Crippen molar-refractivity contribution in [3.63, 3.8) is 0 Å². The lowest BCUT2D eigenvalue weighted by Gasteiger charge is -2.35. The smallest absolute Gasteiger partial charge is 0.225 e. The van der Waals surface area contributed by atoms with E-state index < -0.39 is 0 Å². The molecule has 1 saturated heterocycles. The van der Waals surface area contributed by atoms with Crippen LogP contribution in [-0.2, 0) is 11.3 Å². The number of H-pyrrole nitrogens is 1. The van der Waals surface area contributed by atoms with E-state index in [1.54, 1.807) is 4.90 Å². The quantitative estimate of drug-likeness (QED) is 0.922. The summed E-state index contributed by atoms with van der Waals surface area (Å²) in [6.07, 6.45) is 1.88. The summed E-state index contributed by atoms with van der Waals surface area (Å²) in [5.74, 6) is 1.14. The van der Waals surface area contributed by atoms with Gasteiger partial charge < -0.3 is 14.8 Å². The second kappa shape index (κ2) is 7.11. The van der Waals surface area contributed by atoms with Gasteiger partial charge >= 0.3 is 0 Å². The van der Waals surface area contributed by atoms with Crippen molar-refractivity contribution in [2.45, 2.75) is 39.3 Å². The Morgan fingerprint density at radius 1 is 1.42 bits per heavy atom. The molecule has 1 aliphatic heterocycles. The third-order valence-electron chi connectivity index (χ3n) is 4.87. The molecule has 1 aromatic carbocycles. The van der Waals surface area contributed by atoms with Gasteiger partial charge in [0.2, 0.25) is 5.91 Å². The Hall–Kier alpha value is -1.59. The second-order valence-corrected chi connectivity index (χ2v) is 7.38. The molecule has 0 atom stereocenters. The number of carbonyl (C=O) groups is 1. The largest absolute Gasteiger partial charge is 0.340 e. The van der Waals surface area contributed by atoms with Gasteiger partial charge in [-0.15, -0.1) is 0 Å². The number of halogens is 1. The molecule has 130 valence electrons. The normalized spacial score (nSPS) is 16.9. The van der Waals surface area contributed by atoms with Crippen LogP contribution in [0.25, 0.3) is 11.0 Å². The standard InChI is InChI=1S/C18H25ClN4O/c1-12(2)23-8-6-13(7-9-23)18(24)22(3)11-17-20-15-5-4-14(19)10-16(15)21-17/h4-5,10,12-13H,6-9,11H2,1-3H3,(H,20,21). The first-order chi connectivity index (χ1) is 11.4. The summed E-state index contributed by atoms with van der Waals surface area (Å²) >= 11 is 6.00. The number of carbonyl (C=O) groups excluding carboxylic acids is 1. The Balaban J connectivity index is 1.61. The first-order valence-electron chi connectivity index (χ1n) is 8.57. The minimum absolute atomic E-state index is 0.129. The zero-order valence-corrected chi connectivity index (χ0v) is 15.3. The van der Waals surface area contributed by atoms with Gasteiger partial charge in [-0.2, -0.15) is 0 Å². The Morgan fingerprint density at radius 2 is 2.12 bits per heavy atom. The van der Waals surface area contributed by atoms with E-state index in [0.717, 1.165) is 42.8 Å². The molecule has 2 heterocycles. The van der Waals surface area contributed by atoms with Crippen LogP contribution < -0.4 is 0 Å². The van der Waals surface area contributed by atoms with Gasteiger partial charge in [0.25, 0.3) is 0 Å². The van der Waals surface area contributed by atoms with Crippen LogP contribution in [0.5, 0.6) is 0 Å². The van der Waals surface area contributed by atoms with Crippen LogP contribution in [0.15, 0.2) is 18.2 Å². The van der Waals surface area contributed by atoms with Crippen LogP contribution in [-0.4, -0.2) is 51.9 Å². The van der Waals surface area contributed by atoms with E-state index in [2.05, 4.69) is 28.7 Å². The highest BCUT2D eigenvalue weighted by Gasteiger charge is 2.28. The molecule has 0 unspecified atom stereocenters. The fourth-order valence-corrected chi connectivity index (χ4v) is 3.56. The topological polar surface area (TPSA) is 52.2 Å². The summed E-state index contributed by atoms with van der Waals surface area (Å²) < 4.78 is 0. The number of fused-ring (bicyclic) bond motifs is 1. The van der Waals surface area contributed by atoms with Gasteiger partial charge in [-0.1, -0.05) is 11.6 Å². The first kappa shape index (κ1) is 17.2. The molecule has 0 radical (unpaired) electrons. The van der Waals surface area contributed by atoms with Crippen molar-refractivity contribution < 1.29 is 4.79 Å². The molecule has 0 saturated carbocycles. The number of benzene rings is 1. The molecule has 1 aliphatic rings. The zero-order chi connectivity index (χ0) is 17.3. The third-order valence-corrected chi connectivity index (χ3v) is 5.10. The summed E-state index contributed by atoms with van der Waals surface area (Å²) in [5, 5.41) is 0.680. The summed E-state index contributed by atoms with van der Waals surface area (Å²) in [6.45, 7) is 6.93. The Morgan fingerprint density at radius 3 is 2.79 bits per heavy atom. The lowest BCUT2D eigenvalue weighted by Crippen LogP contribution is -2.43. The van der Waals surface area contributed by atoms with E-state index in [9.17, 15) is 4.79 Å². The molecule has 1 fully saturated rings. The number of nitrogens with one attached hydrogen (secondary N) is 1. The molecule has 1 amide bonds. The number of amides is 1. The highest BCUT2D eigenvalue weighted by atomic mass is 35.5. The molecule has 1 N–H and O–H groups in total. The van der Waals surface area contributed by atoms with Gasteiger partial charge in [0.15, 0.2) is 0 Å². The molecular weight excluding hydrogens is 324 g/mol. The Kier molecular flexibility index (Phi) is 5.11. The summed E-state index contributed by atoms with van der Waals surface area (Å²) in [4.78, 5) is 24.7. The van der Waals surface area contributed by atoms with Crippen LogP contribution in [0.2, 0.25) is 5.02 Å². The van der Waals surface area contributed by atoms with Crippen LogP contribution in [0.1, 0.15) is 32.5 Å². The lowest BCUT2D eigenvalue weighted by atomic mass is 9.94. The number of imidazole rings is 1. The van der Waals surface area contributed by atoms with Crippen LogP contribution in [0.3, 0.4) is 0 Å². The Labute approximate surface area is 148 Å². The number of aromatic nitrogens is 2. The number of nitrogens with zero attached hydrogens (tertiary/aromatic N) is 3. The minimum Gasteiger partial charge on any atom is -0.340 e. The van der Waals surface area contributed by atoms with Crippen molar-refractivity contribution in [3.05, 3.63) is 29.0 Å². The summed E-state index contributed by atoms with van der Waals surface area (Å²) in [7, 11) is 1.86. The van der Waals surface area contributed by atoms with Crippen molar-refractivity contribution in [1.29, 1.82) is 0 Å². The SMILES string of the molecule is CC(C)N1CCC(C(=O)N(C)Cc2nc3ccc(Cl)cc3[nH]2)CC1. The number of hydrogen-bond acceptors (Lipinski definition) is 3. The van der Waals surface area contributed by atoms with Crippen LogP contribution in [0.4, 0.5) is 0 Å². The zero-order valence-electron chi connectivity index (χ0n) is 14.6. The monoisotopic (exact) mass is 348 g/mol. The fourth-order valence-electron chi connectivity index (χ4n) is 3.39. The van der Waals surface area contributed by atoms with Crippen molar-refractivity contribution in [3.8, 4) is 0 Å². The lowest BCUT2D eigenvalue weighted by molar-refractivity contribution is -0.136. The van der Waals surface area contributed by atoms with Gasteiger partial charge in [-0.05, 0) is 58.0 Å². The summed E-state index contributed by atoms with van der Waals surface area (Å²) in [6, 6.07) is 6.13. The number of hydrogen-bond donors (Lipinski definition) is 1. The predicted octanol–water partition coefficient (Wildman–Crippen LogP) is 3.30. The van der Waals surface area contributed by atoms with Crippen molar-refractivity contribution in [2.75, 3.05) is 20.1 Å². The average Bonchev–Trinajstić information content (AvgIpc) is 2.95. The van der Waals surface area contributed by atoms with E-state index in [0.29, 0.717) is 17.6 Å². The highest BCUT2D eigenvalue weighted by molar-refractivity contribution is 6.31. The molecule has 24 heavy (non-hydrogen) atoms.